The Labute approximate surface area is 159 Å². The summed E-state index contributed by atoms with van der Waals surface area (Å²) in [4.78, 5) is 24.5. The maximum atomic E-state index is 12.3. The van der Waals surface area contributed by atoms with Gasteiger partial charge in [0.05, 0.1) is 10.8 Å². The van der Waals surface area contributed by atoms with Crippen molar-refractivity contribution < 1.29 is 19.8 Å². The minimum Gasteiger partial charge on any atom is -0.481 e. The van der Waals surface area contributed by atoms with Gasteiger partial charge in [-0.05, 0) is 31.1 Å². The van der Waals surface area contributed by atoms with Crippen molar-refractivity contribution in [1.29, 1.82) is 0 Å². The van der Waals surface area contributed by atoms with Crippen LogP contribution in [0, 0.1) is 22.7 Å². The molecule has 0 aliphatic heterocycles. The Hall–Kier alpha value is -1.06. The largest absolute Gasteiger partial charge is 0.481 e. The van der Waals surface area contributed by atoms with Gasteiger partial charge >= 0.3 is 11.9 Å². The number of unbranched alkanes of at least 4 members (excludes halogenated alkanes) is 5. The number of carboxylic acid groups (broad SMARTS) is 2. The molecule has 0 aromatic heterocycles. The van der Waals surface area contributed by atoms with Crippen LogP contribution in [0.5, 0.6) is 0 Å². The second-order valence-corrected chi connectivity index (χ2v) is 9.08. The lowest BCUT2D eigenvalue weighted by Gasteiger charge is -2.51. The van der Waals surface area contributed by atoms with Crippen LogP contribution >= 0.6 is 0 Å². The Balaban J connectivity index is 2.68. The molecule has 1 aliphatic carbocycles. The fourth-order valence-corrected chi connectivity index (χ4v) is 5.13. The highest BCUT2D eigenvalue weighted by Crippen LogP contribution is 2.58. The summed E-state index contributed by atoms with van der Waals surface area (Å²) < 4.78 is 0. The zero-order valence-electron chi connectivity index (χ0n) is 17.4. The molecule has 0 heterocycles. The normalized spacial score (nSPS) is 26.4. The van der Waals surface area contributed by atoms with Crippen LogP contribution in [0.3, 0.4) is 0 Å². The molecule has 2 atom stereocenters. The molecule has 152 valence electrons. The third-order valence-electron chi connectivity index (χ3n) is 6.69. The van der Waals surface area contributed by atoms with Gasteiger partial charge in [0, 0.05) is 0 Å². The van der Waals surface area contributed by atoms with E-state index in [-0.39, 0.29) is 5.92 Å². The SMILES string of the molecule is CC(C)CCCCCCCCC1(C(=O)O)CCCCC1(C(=O)O)C(C)C. The van der Waals surface area contributed by atoms with E-state index in [2.05, 4.69) is 13.8 Å². The molecule has 26 heavy (non-hydrogen) atoms. The van der Waals surface area contributed by atoms with E-state index in [0.717, 1.165) is 38.0 Å². The number of carbonyl (C=O) groups is 2. The van der Waals surface area contributed by atoms with E-state index >= 15 is 0 Å². The number of carboxylic acids is 2. The van der Waals surface area contributed by atoms with Crippen LogP contribution < -0.4 is 0 Å². The van der Waals surface area contributed by atoms with Crippen LogP contribution in [0.2, 0.25) is 0 Å². The molecule has 0 amide bonds. The second-order valence-electron chi connectivity index (χ2n) is 9.08. The third-order valence-corrected chi connectivity index (χ3v) is 6.69. The van der Waals surface area contributed by atoms with Crippen molar-refractivity contribution in [1.82, 2.24) is 0 Å². The highest BCUT2D eigenvalue weighted by Gasteiger charge is 2.63. The van der Waals surface area contributed by atoms with Crippen molar-refractivity contribution in [3.05, 3.63) is 0 Å². The molecular formula is C22H40O4. The number of hydrogen-bond donors (Lipinski definition) is 2. The summed E-state index contributed by atoms with van der Waals surface area (Å²) in [5, 5.41) is 20.1. The molecule has 4 heteroatoms. The molecule has 0 aromatic carbocycles. The van der Waals surface area contributed by atoms with Crippen molar-refractivity contribution >= 4 is 11.9 Å². The van der Waals surface area contributed by atoms with Gasteiger partial charge in [0.1, 0.15) is 0 Å². The molecule has 2 N–H and O–H groups in total. The Kier molecular flexibility index (Phi) is 9.12. The van der Waals surface area contributed by atoms with Crippen molar-refractivity contribution in [2.45, 2.75) is 105 Å². The van der Waals surface area contributed by atoms with Crippen LogP contribution in [0.1, 0.15) is 105 Å². The Morgan fingerprint density at radius 1 is 0.808 bits per heavy atom. The summed E-state index contributed by atoms with van der Waals surface area (Å²) >= 11 is 0. The first kappa shape index (κ1) is 23.0. The zero-order valence-corrected chi connectivity index (χ0v) is 17.4. The van der Waals surface area contributed by atoms with Gasteiger partial charge in [-0.1, -0.05) is 85.5 Å². The average molecular weight is 369 g/mol. The van der Waals surface area contributed by atoms with Crippen molar-refractivity contribution in [2.24, 2.45) is 22.7 Å². The lowest BCUT2D eigenvalue weighted by atomic mass is 9.50. The van der Waals surface area contributed by atoms with Gasteiger partial charge in [0.2, 0.25) is 0 Å². The van der Waals surface area contributed by atoms with Gasteiger partial charge in [0.25, 0.3) is 0 Å². The molecule has 0 saturated heterocycles. The fraction of sp³-hybridized carbons (Fsp3) is 0.909. The monoisotopic (exact) mass is 368 g/mol. The summed E-state index contributed by atoms with van der Waals surface area (Å²) in [7, 11) is 0. The van der Waals surface area contributed by atoms with Crippen LogP contribution in [0.25, 0.3) is 0 Å². The summed E-state index contributed by atoms with van der Waals surface area (Å²) in [6, 6.07) is 0. The van der Waals surface area contributed by atoms with E-state index in [1.54, 1.807) is 0 Å². The Morgan fingerprint density at radius 2 is 1.35 bits per heavy atom. The zero-order chi connectivity index (χ0) is 19.8. The summed E-state index contributed by atoms with van der Waals surface area (Å²) in [6.45, 7) is 8.26. The molecule has 2 unspecified atom stereocenters. The first-order valence-electron chi connectivity index (χ1n) is 10.7. The average Bonchev–Trinajstić information content (AvgIpc) is 2.56. The first-order chi connectivity index (χ1) is 12.2. The van der Waals surface area contributed by atoms with Gasteiger partial charge in [-0.15, -0.1) is 0 Å². The molecule has 4 nitrogen and oxygen atoms in total. The second kappa shape index (κ2) is 10.3. The molecular weight excluding hydrogens is 328 g/mol. The van der Waals surface area contributed by atoms with Crippen LogP contribution in [-0.4, -0.2) is 22.2 Å². The predicted octanol–water partition coefficient (Wildman–Crippen LogP) is 6.14. The standard InChI is InChI=1S/C22H40O4/c1-17(2)13-9-7-5-6-8-10-14-21(19(23)24)15-11-12-16-22(21,18(3)4)20(25)26/h17-18H,5-16H2,1-4H3,(H,23,24)(H,25,26). The maximum Gasteiger partial charge on any atom is 0.311 e. The summed E-state index contributed by atoms with van der Waals surface area (Å²) in [6.07, 6.45) is 11.1. The van der Waals surface area contributed by atoms with E-state index in [4.69, 9.17) is 0 Å². The molecule has 0 aromatic rings. The highest BCUT2D eigenvalue weighted by atomic mass is 16.4. The minimum absolute atomic E-state index is 0.174. The molecule has 1 fully saturated rings. The first-order valence-corrected chi connectivity index (χ1v) is 10.7. The van der Waals surface area contributed by atoms with Gasteiger partial charge < -0.3 is 10.2 Å². The number of rotatable bonds is 12. The third kappa shape index (κ3) is 5.01. The summed E-state index contributed by atoms with van der Waals surface area (Å²) in [5.41, 5.74) is -2.24. The lowest BCUT2D eigenvalue weighted by Crippen LogP contribution is -2.57. The van der Waals surface area contributed by atoms with Gasteiger partial charge in [-0.2, -0.15) is 0 Å². The Morgan fingerprint density at radius 3 is 1.85 bits per heavy atom. The van der Waals surface area contributed by atoms with Crippen molar-refractivity contribution in [3.63, 3.8) is 0 Å². The fourth-order valence-electron chi connectivity index (χ4n) is 5.13. The van der Waals surface area contributed by atoms with Gasteiger partial charge in [-0.3, -0.25) is 9.59 Å². The predicted molar refractivity (Wildman–Crippen MR) is 105 cm³/mol. The summed E-state index contributed by atoms with van der Waals surface area (Å²) in [5.74, 6) is -1.22. The smallest absolute Gasteiger partial charge is 0.311 e. The van der Waals surface area contributed by atoms with E-state index in [1.807, 2.05) is 13.8 Å². The number of aliphatic carboxylic acids is 2. The van der Waals surface area contributed by atoms with E-state index < -0.39 is 22.8 Å². The minimum atomic E-state index is -1.13. The van der Waals surface area contributed by atoms with Crippen LogP contribution in [-0.2, 0) is 9.59 Å². The maximum absolute atomic E-state index is 12.3. The molecule has 1 aliphatic rings. The Bertz CT molecular complexity index is 457. The lowest BCUT2D eigenvalue weighted by molar-refractivity contribution is -0.187. The van der Waals surface area contributed by atoms with Crippen LogP contribution in [0.4, 0.5) is 0 Å². The van der Waals surface area contributed by atoms with Crippen molar-refractivity contribution in [3.8, 4) is 0 Å². The van der Waals surface area contributed by atoms with E-state index in [1.165, 1.54) is 25.7 Å². The molecule has 0 radical (unpaired) electrons. The van der Waals surface area contributed by atoms with E-state index in [0.29, 0.717) is 19.3 Å². The number of hydrogen-bond acceptors (Lipinski definition) is 2. The molecule has 1 saturated carbocycles. The highest BCUT2D eigenvalue weighted by molar-refractivity contribution is 5.87. The topological polar surface area (TPSA) is 74.6 Å². The molecule has 0 spiro atoms. The molecule has 0 bridgehead atoms. The van der Waals surface area contributed by atoms with E-state index in [9.17, 15) is 19.8 Å². The quantitative estimate of drug-likeness (QED) is 0.406. The van der Waals surface area contributed by atoms with Gasteiger partial charge in [0.15, 0.2) is 0 Å². The van der Waals surface area contributed by atoms with Gasteiger partial charge in [-0.25, -0.2) is 0 Å². The molecule has 1 rings (SSSR count). The van der Waals surface area contributed by atoms with Crippen LogP contribution in [0.15, 0.2) is 0 Å². The van der Waals surface area contributed by atoms with Crippen molar-refractivity contribution in [2.75, 3.05) is 0 Å².